The Balaban J connectivity index is 2.16. The van der Waals surface area contributed by atoms with E-state index < -0.39 is 45.6 Å². The summed E-state index contributed by atoms with van der Waals surface area (Å²) in [5, 5.41) is 0.402. The van der Waals surface area contributed by atoms with E-state index >= 15 is 0 Å². The van der Waals surface area contributed by atoms with Crippen LogP contribution in [0.1, 0.15) is 18.1 Å². The molecular weight excluding hydrogens is 530 g/mol. The average Bonchev–Trinajstić information content (AvgIpc) is 2.80. The van der Waals surface area contributed by atoms with Crippen molar-refractivity contribution < 1.29 is 43.5 Å². The van der Waals surface area contributed by atoms with Gasteiger partial charge in [0, 0.05) is 11.1 Å². The minimum absolute atomic E-state index is 0.0109. The summed E-state index contributed by atoms with van der Waals surface area (Å²) >= 11 is -4.79. The summed E-state index contributed by atoms with van der Waals surface area (Å²) in [5.74, 6) is 0. The fraction of sp³-hybridized carbons (Fsp3) is 0.167. The van der Waals surface area contributed by atoms with Gasteiger partial charge in [-0.1, -0.05) is 24.3 Å². The Kier molecular flexibility index (Phi) is 6.99. The van der Waals surface area contributed by atoms with Crippen molar-refractivity contribution >= 4 is 43.7 Å². The maximum absolute atomic E-state index is 13.3. The van der Waals surface area contributed by atoms with Crippen LogP contribution in [0.15, 0.2) is 70.5 Å². The Bertz CT molecular complexity index is 1530. The molecule has 1 N–H and O–H groups in total. The summed E-state index contributed by atoms with van der Waals surface area (Å²) in [7, 11) is 0. The van der Waals surface area contributed by atoms with E-state index in [4.69, 9.17) is 4.18 Å². The lowest BCUT2D eigenvalue weighted by Gasteiger charge is -2.19. The molecule has 0 aliphatic carbocycles. The van der Waals surface area contributed by atoms with Crippen molar-refractivity contribution in [2.75, 3.05) is 6.61 Å². The lowest BCUT2D eigenvalue weighted by atomic mass is 9.92. The molecule has 4 aromatic carbocycles. The molecule has 0 saturated heterocycles. The SMILES string of the molecule is CCOS(=O)c1ccc2cc(C(F)(F)F)ccc2c1-c1c(S(=O)O)ccc2cc(C(F)(F)F)ccc12. The van der Waals surface area contributed by atoms with Crippen LogP contribution >= 0.6 is 0 Å². The van der Waals surface area contributed by atoms with E-state index in [-0.39, 0.29) is 49.1 Å². The first-order chi connectivity index (χ1) is 16.8. The monoisotopic (exact) mass is 546 g/mol. The largest absolute Gasteiger partial charge is 0.416 e. The quantitative estimate of drug-likeness (QED) is 0.210. The van der Waals surface area contributed by atoms with Gasteiger partial charge < -0.3 is 4.55 Å². The van der Waals surface area contributed by atoms with E-state index in [2.05, 4.69) is 0 Å². The predicted octanol–water partition coefficient (Wildman–Crippen LogP) is 7.34. The maximum Gasteiger partial charge on any atom is 0.416 e. The number of rotatable bonds is 5. The van der Waals surface area contributed by atoms with Crippen molar-refractivity contribution in [2.45, 2.75) is 29.1 Å². The third kappa shape index (κ3) is 4.90. The molecule has 0 heterocycles. The van der Waals surface area contributed by atoms with Crippen molar-refractivity contribution in [1.29, 1.82) is 0 Å². The molecule has 0 saturated carbocycles. The zero-order chi connectivity index (χ0) is 26.4. The van der Waals surface area contributed by atoms with Crippen LogP contribution in [0.25, 0.3) is 32.7 Å². The molecule has 2 atom stereocenters. The van der Waals surface area contributed by atoms with Crippen LogP contribution in [0.3, 0.4) is 0 Å². The number of halogens is 6. The molecule has 0 radical (unpaired) electrons. The highest BCUT2D eigenvalue weighted by Crippen LogP contribution is 2.44. The highest BCUT2D eigenvalue weighted by molar-refractivity contribution is 7.80. The zero-order valence-electron chi connectivity index (χ0n) is 18.2. The lowest BCUT2D eigenvalue weighted by Crippen LogP contribution is -2.06. The minimum Gasteiger partial charge on any atom is -0.302 e. The second-order valence-corrected chi connectivity index (χ2v) is 9.72. The maximum atomic E-state index is 13.3. The van der Waals surface area contributed by atoms with E-state index in [9.17, 15) is 39.3 Å². The van der Waals surface area contributed by atoms with Crippen molar-refractivity contribution in [3.63, 3.8) is 0 Å². The average molecular weight is 547 g/mol. The van der Waals surface area contributed by atoms with E-state index in [1.54, 1.807) is 6.92 Å². The highest BCUT2D eigenvalue weighted by Gasteiger charge is 2.32. The van der Waals surface area contributed by atoms with Crippen LogP contribution in [0, 0.1) is 0 Å². The Morgan fingerprint density at radius 3 is 1.58 bits per heavy atom. The number of hydrogen-bond acceptors (Lipinski definition) is 3. The van der Waals surface area contributed by atoms with Gasteiger partial charge in [0.25, 0.3) is 0 Å². The molecule has 0 aliphatic heterocycles. The van der Waals surface area contributed by atoms with Crippen molar-refractivity contribution in [3.05, 3.63) is 71.8 Å². The van der Waals surface area contributed by atoms with Gasteiger partial charge in [-0.15, -0.1) is 0 Å². The van der Waals surface area contributed by atoms with Gasteiger partial charge in [0.2, 0.25) is 0 Å². The van der Waals surface area contributed by atoms with Gasteiger partial charge in [-0.25, -0.2) is 8.42 Å². The van der Waals surface area contributed by atoms with Crippen LogP contribution in [0.4, 0.5) is 26.3 Å². The van der Waals surface area contributed by atoms with Crippen molar-refractivity contribution in [2.24, 2.45) is 0 Å². The van der Waals surface area contributed by atoms with E-state index in [1.807, 2.05) is 0 Å². The summed E-state index contributed by atoms with van der Waals surface area (Å²) in [5.41, 5.74) is -1.91. The molecule has 0 aliphatic rings. The molecule has 12 heteroatoms. The summed E-state index contributed by atoms with van der Waals surface area (Å²) in [6.07, 6.45) is -9.30. The number of fused-ring (bicyclic) bond motifs is 2. The molecular formula is C24H16F6O4S2. The van der Waals surface area contributed by atoms with Crippen LogP contribution in [-0.2, 0) is 38.7 Å². The van der Waals surface area contributed by atoms with Gasteiger partial charge in [0.15, 0.2) is 22.2 Å². The van der Waals surface area contributed by atoms with E-state index in [0.29, 0.717) is 0 Å². The second kappa shape index (κ2) is 9.58. The van der Waals surface area contributed by atoms with Gasteiger partial charge in [0.1, 0.15) is 0 Å². The van der Waals surface area contributed by atoms with Crippen LogP contribution < -0.4 is 0 Å². The molecule has 0 amide bonds. The predicted molar refractivity (Wildman–Crippen MR) is 124 cm³/mol. The molecule has 36 heavy (non-hydrogen) atoms. The normalized spacial score (nSPS) is 14.3. The van der Waals surface area contributed by atoms with Crippen LogP contribution in [0.2, 0.25) is 0 Å². The van der Waals surface area contributed by atoms with E-state index in [1.165, 1.54) is 18.2 Å². The van der Waals surface area contributed by atoms with Gasteiger partial charge >= 0.3 is 12.4 Å². The molecule has 0 aromatic heterocycles. The third-order valence-corrected chi connectivity index (χ3v) is 7.33. The minimum atomic E-state index is -4.65. The molecule has 4 rings (SSSR count). The topological polar surface area (TPSA) is 63.6 Å². The van der Waals surface area contributed by atoms with Gasteiger partial charge in [-0.3, -0.25) is 4.18 Å². The Morgan fingerprint density at radius 1 is 0.722 bits per heavy atom. The van der Waals surface area contributed by atoms with Crippen LogP contribution in [-0.4, -0.2) is 19.6 Å². The first kappa shape index (κ1) is 26.3. The van der Waals surface area contributed by atoms with Gasteiger partial charge in [-0.2, -0.15) is 26.3 Å². The molecule has 2 unspecified atom stereocenters. The number of benzene rings is 4. The first-order valence-electron chi connectivity index (χ1n) is 10.3. The molecule has 4 aromatic rings. The fourth-order valence-corrected chi connectivity index (χ4v) is 5.41. The second-order valence-electron chi connectivity index (χ2n) is 7.64. The molecule has 4 nitrogen and oxygen atoms in total. The number of hydrogen-bond donors (Lipinski definition) is 1. The number of alkyl halides is 6. The van der Waals surface area contributed by atoms with Gasteiger partial charge in [0.05, 0.1) is 27.5 Å². The zero-order valence-corrected chi connectivity index (χ0v) is 19.9. The summed E-state index contributed by atoms with van der Waals surface area (Å²) < 4.78 is 120. The fourth-order valence-electron chi connectivity index (χ4n) is 3.94. The Morgan fingerprint density at radius 2 is 1.17 bits per heavy atom. The van der Waals surface area contributed by atoms with E-state index in [0.717, 1.165) is 42.5 Å². The molecule has 0 bridgehead atoms. The lowest BCUT2D eigenvalue weighted by molar-refractivity contribution is -0.138. The standard InChI is InChI=1S/C24H16F6O4S2/c1-2-34-36(33)20-10-4-14-12-16(24(28,29)30)6-8-18(14)22(20)21-17-7-5-15(23(25,26)27)11-13(17)3-9-19(21)35(31)32/h3-12H,2H2,1H3,(H,31,32). The highest BCUT2D eigenvalue weighted by atomic mass is 32.2. The molecule has 0 spiro atoms. The molecule has 190 valence electrons. The third-order valence-electron chi connectivity index (χ3n) is 5.46. The first-order valence-corrected chi connectivity index (χ1v) is 12.4. The van der Waals surface area contributed by atoms with Gasteiger partial charge in [-0.05, 0) is 64.9 Å². The summed E-state index contributed by atoms with van der Waals surface area (Å²) in [6, 6.07) is 10.5. The van der Waals surface area contributed by atoms with Crippen molar-refractivity contribution in [3.8, 4) is 11.1 Å². The Labute approximate surface area is 205 Å². The Hall–Kier alpha value is -2.80. The summed E-state index contributed by atoms with van der Waals surface area (Å²) in [6.45, 7) is 1.58. The van der Waals surface area contributed by atoms with Crippen LogP contribution in [0.5, 0.6) is 0 Å². The summed E-state index contributed by atoms with van der Waals surface area (Å²) in [4.78, 5) is -0.229. The smallest absolute Gasteiger partial charge is 0.302 e. The van der Waals surface area contributed by atoms with Crippen molar-refractivity contribution in [1.82, 2.24) is 0 Å². The molecule has 0 fully saturated rings.